The average molecular weight is 395 g/mol. The third kappa shape index (κ3) is 4.93. The van der Waals surface area contributed by atoms with E-state index in [4.69, 9.17) is 5.14 Å². The van der Waals surface area contributed by atoms with Crippen molar-refractivity contribution in [2.45, 2.75) is 50.3 Å². The quantitative estimate of drug-likeness (QED) is 0.808. The number of hydrogen-bond acceptors (Lipinski definition) is 4. The second-order valence-corrected chi connectivity index (χ2v) is 10.5. The van der Waals surface area contributed by atoms with Crippen molar-refractivity contribution in [3.8, 4) is 0 Å². The highest BCUT2D eigenvalue weighted by atomic mass is 32.2. The zero-order chi connectivity index (χ0) is 19.7. The fourth-order valence-corrected chi connectivity index (χ4v) is 4.22. The third-order valence-corrected chi connectivity index (χ3v) is 6.59. The van der Waals surface area contributed by atoms with Crippen molar-refractivity contribution >= 4 is 27.3 Å². The number of carbonyl (C=O) groups is 1. The highest BCUT2D eigenvalue weighted by Crippen LogP contribution is 2.27. The summed E-state index contributed by atoms with van der Waals surface area (Å²) in [4.78, 5) is 12.6. The number of primary sulfonamides is 1. The van der Waals surface area contributed by atoms with Crippen molar-refractivity contribution in [2.24, 2.45) is 11.1 Å². The first-order chi connectivity index (χ1) is 11.9. The molecule has 1 unspecified atom stereocenters. The lowest BCUT2D eigenvalue weighted by molar-refractivity contribution is 0.0926. The summed E-state index contributed by atoms with van der Waals surface area (Å²) in [6.07, 6.45) is 0. The van der Waals surface area contributed by atoms with Gasteiger partial charge in [-0.05, 0) is 28.5 Å². The van der Waals surface area contributed by atoms with Crippen LogP contribution in [0.1, 0.15) is 62.1 Å². The van der Waals surface area contributed by atoms with Gasteiger partial charge < -0.3 is 5.32 Å². The first-order valence-corrected chi connectivity index (χ1v) is 10.8. The zero-order valence-corrected chi connectivity index (χ0v) is 17.4. The fraction of sp³-hybridized carbons (Fsp3) is 0.421. The third-order valence-electron chi connectivity index (χ3n) is 4.21. The standard InChI is InChI=1S/C19H26N2O3S2/c1-12(2)17(13-6-8-15(9-7-13)19(3,4)5)21-18(22)14-10-16(25-11-14)26(20,23)24/h6-12,17H,1-5H3,(H,21,22)(H2,20,23,24). The Labute approximate surface area is 159 Å². The first kappa shape index (κ1) is 20.6. The molecule has 142 valence electrons. The Morgan fingerprint density at radius 1 is 1.15 bits per heavy atom. The van der Waals surface area contributed by atoms with Crippen LogP contribution in [-0.2, 0) is 15.4 Å². The van der Waals surface area contributed by atoms with Crippen LogP contribution in [0.15, 0.2) is 39.9 Å². The lowest BCUT2D eigenvalue weighted by atomic mass is 9.85. The molecule has 1 aromatic heterocycles. The van der Waals surface area contributed by atoms with E-state index in [1.54, 1.807) is 0 Å². The monoisotopic (exact) mass is 394 g/mol. The molecule has 0 spiro atoms. The summed E-state index contributed by atoms with van der Waals surface area (Å²) in [5, 5.41) is 9.62. The number of nitrogens with one attached hydrogen (secondary N) is 1. The summed E-state index contributed by atoms with van der Waals surface area (Å²) in [6.45, 7) is 10.5. The molecule has 0 saturated carbocycles. The van der Waals surface area contributed by atoms with Crippen molar-refractivity contribution in [3.05, 3.63) is 52.4 Å². The van der Waals surface area contributed by atoms with E-state index in [0.717, 1.165) is 16.9 Å². The fourth-order valence-electron chi connectivity index (χ4n) is 2.63. The molecule has 0 aliphatic heterocycles. The molecule has 5 nitrogen and oxygen atoms in total. The summed E-state index contributed by atoms with van der Waals surface area (Å²) >= 11 is 0.947. The Bertz CT molecular complexity index is 876. The molecule has 7 heteroatoms. The van der Waals surface area contributed by atoms with Crippen LogP contribution in [0.3, 0.4) is 0 Å². The van der Waals surface area contributed by atoms with Crippen LogP contribution in [0.5, 0.6) is 0 Å². The van der Waals surface area contributed by atoms with Gasteiger partial charge in [0.2, 0.25) is 10.0 Å². The predicted molar refractivity (Wildman–Crippen MR) is 106 cm³/mol. The van der Waals surface area contributed by atoms with Crippen molar-refractivity contribution in [1.29, 1.82) is 0 Å². The Hall–Kier alpha value is -1.70. The molecule has 26 heavy (non-hydrogen) atoms. The zero-order valence-electron chi connectivity index (χ0n) is 15.7. The largest absolute Gasteiger partial charge is 0.345 e. The molecule has 0 saturated heterocycles. The average Bonchev–Trinajstić information content (AvgIpc) is 3.01. The van der Waals surface area contributed by atoms with Crippen LogP contribution in [0.25, 0.3) is 0 Å². The number of nitrogens with two attached hydrogens (primary N) is 1. The van der Waals surface area contributed by atoms with Gasteiger partial charge in [-0.25, -0.2) is 13.6 Å². The molecule has 0 bridgehead atoms. The van der Waals surface area contributed by atoms with Crippen molar-refractivity contribution < 1.29 is 13.2 Å². The van der Waals surface area contributed by atoms with E-state index in [1.165, 1.54) is 17.0 Å². The Balaban J connectivity index is 2.23. The molecule has 0 radical (unpaired) electrons. The van der Waals surface area contributed by atoms with Crippen molar-refractivity contribution in [1.82, 2.24) is 5.32 Å². The lowest BCUT2D eigenvalue weighted by Gasteiger charge is -2.25. The number of hydrogen-bond donors (Lipinski definition) is 2. The number of thiophene rings is 1. The summed E-state index contributed by atoms with van der Waals surface area (Å²) in [5.41, 5.74) is 2.61. The molecule has 1 atom stereocenters. The van der Waals surface area contributed by atoms with Gasteiger partial charge in [-0.15, -0.1) is 11.3 Å². The van der Waals surface area contributed by atoms with Gasteiger partial charge >= 0.3 is 0 Å². The minimum absolute atomic E-state index is 0.0155. The summed E-state index contributed by atoms with van der Waals surface area (Å²) in [6, 6.07) is 9.38. The van der Waals surface area contributed by atoms with Crippen LogP contribution in [0.4, 0.5) is 0 Å². The van der Waals surface area contributed by atoms with E-state index in [0.29, 0.717) is 5.56 Å². The normalized spacial score (nSPS) is 13.7. The van der Waals surface area contributed by atoms with Crippen molar-refractivity contribution in [2.75, 3.05) is 0 Å². The second-order valence-electron chi connectivity index (χ2n) is 7.77. The molecule has 2 aromatic rings. The van der Waals surface area contributed by atoms with Crippen LogP contribution in [-0.4, -0.2) is 14.3 Å². The Morgan fingerprint density at radius 3 is 2.15 bits per heavy atom. The smallest absolute Gasteiger partial charge is 0.252 e. The van der Waals surface area contributed by atoms with Crippen LogP contribution < -0.4 is 10.5 Å². The Morgan fingerprint density at radius 2 is 1.73 bits per heavy atom. The molecule has 0 fully saturated rings. The van der Waals surface area contributed by atoms with Gasteiger partial charge in [0.05, 0.1) is 11.6 Å². The van der Waals surface area contributed by atoms with Gasteiger partial charge in [-0.3, -0.25) is 4.79 Å². The van der Waals surface area contributed by atoms with E-state index in [2.05, 4.69) is 38.2 Å². The van der Waals surface area contributed by atoms with Gasteiger partial charge in [-0.2, -0.15) is 0 Å². The van der Waals surface area contributed by atoms with E-state index in [1.807, 2.05) is 26.0 Å². The van der Waals surface area contributed by atoms with Gasteiger partial charge in [0.15, 0.2) is 0 Å². The maximum atomic E-state index is 12.6. The van der Waals surface area contributed by atoms with Crippen molar-refractivity contribution in [3.63, 3.8) is 0 Å². The molecule has 0 aliphatic carbocycles. The van der Waals surface area contributed by atoms with E-state index in [9.17, 15) is 13.2 Å². The van der Waals surface area contributed by atoms with E-state index in [-0.39, 0.29) is 27.5 Å². The van der Waals surface area contributed by atoms with Gasteiger partial charge in [0.25, 0.3) is 5.91 Å². The molecule has 0 aliphatic rings. The summed E-state index contributed by atoms with van der Waals surface area (Å²) in [7, 11) is -3.79. The molecule has 1 amide bonds. The number of rotatable bonds is 5. The Kier molecular flexibility index (Phi) is 5.95. The van der Waals surface area contributed by atoms with E-state index < -0.39 is 10.0 Å². The molecule has 2 rings (SSSR count). The molecular formula is C19H26N2O3S2. The molecular weight excluding hydrogens is 368 g/mol. The molecule has 1 aromatic carbocycles. The highest BCUT2D eigenvalue weighted by molar-refractivity contribution is 7.91. The summed E-state index contributed by atoms with van der Waals surface area (Å²) in [5.74, 6) is -0.134. The first-order valence-electron chi connectivity index (χ1n) is 8.42. The van der Waals surface area contributed by atoms with Gasteiger partial charge in [-0.1, -0.05) is 58.9 Å². The van der Waals surface area contributed by atoms with Crippen LogP contribution in [0, 0.1) is 5.92 Å². The van der Waals surface area contributed by atoms with E-state index >= 15 is 0 Å². The number of amides is 1. The molecule has 1 heterocycles. The number of benzene rings is 1. The predicted octanol–water partition coefficient (Wildman–Crippen LogP) is 3.82. The number of carbonyl (C=O) groups excluding carboxylic acids is 1. The van der Waals surface area contributed by atoms with Crippen LogP contribution >= 0.6 is 11.3 Å². The minimum atomic E-state index is -3.79. The highest BCUT2D eigenvalue weighted by Gasteiger charge is 2.22. The van der Waals surface area contributed by atoms with Crippen LogP contribution in [0.2, 0.25) is 0 Å². The SMILES string of the molecule is CC(C)C(NC(=O)c1csc(S(N)(=O)=O)c1)c1ccc(C(C)(C)C)cc1. The lowest BCUT2D eigenvalue weighted by Crippen LogP contribution is -2.31. The maximum Gasteiger partial charge on any atom is 0.252 e. The van der Waals surface area contributed by atoms with Gasteiger partial charge in [0, 0.05) is 5.38 Å². The topological polar surface area (TPSA) is 89.3 Å². The van der Waals surface area contributed by atoms with Gasteiger partial charge in [0.1, 0.15) is 4.21 Å². The second kappa shape index (κ2) is 7.50. The maximum absolute atomic E-state index is 12.6. The number of sulfonamides is 1. The molecule has 3 N–H and O–H groups in total. The summed E-state index contributed by atoms with van der Waals surface area (Å²) < 4.78 is 22.8. The minimum Gasteiger partial charge on any atom is -0.345 e.